The van der Waals surface area contributed by atoms with Crippen LogP contribution in [0.4, 0.5) is 0 Å². The molecular formula is C32H27BrN2O5. The van der Waals surface area contributed by atoms with E-state index in [1.807, 2.05) is 56.3 Å². The Kier molecular flexibility index (Phi) is 7.76. The number of nitrogens with zero attached hydrogens (tertiary/aromatic N) is 1. The van der Waals surface area contributed by atoms with Gasteiger partial charge >= 0.3 is 5.97 Å². The molecule has 1 N–H and O–H groups in total. The summed E-state index contributed by atoms with van der Waals surface area (Å²) < 4.78 is 18.2. The Morgan fingerprint density at radius 2 is 1.75 bits per heavy atom. The van der Waals surface area contributed by atoms with Gasteiger partial charge in [-0.3, -0.25) is 4.79 Å². The van der Waals surface area contributed by atoms with E-state index in [1.54, 1.807) is 25.1 Å². The number of hydrogen-bond acceptors (Lipinski definition) is 7. The van der Waals surface area contributed by atoms with Crippen molar-refractivity contribution in [3.8, 4) is 17.6 Å². The molecule has 0 radical (unpaired) electrons. The van der Waals surface area contributed by atoms with E-state index in [9.17, 15) is 14.9 Å². The van der Waals surface area contributed by atoms with E-state index < -0.39 is 11.9 Å². The van der Waals surface area contributed by atoms with E-state index in [0.717, 1.165) is 11.1 Å². The summed E-state index contributed by atoms with van der Waals surface area (Å²) in [6.45, 7) is 6.16. The second-order valence-electron chi connectivity index (χ2n) is 9.30. The van der Waals surface area contributed by atoms with Gasteiger partial charge in [-0.05, 0) is 60.5 Å². The first-order chi connectivity index (χ1) is 19.4. The predicted octanol–water partition coefficient (Wildman–Crippen LogP) is 6.43. The molecule has 0 unspecified atom stereocenters. The topological polar surface area (TPSA) is 97.6 Å². The number of ketones is 1. The van der Waals surface area contributed by atoms with Crippen molar-refractivity contribution in [3.05, 3.63) is 110 Å². The molecular weight excluding hydrogens is 572 g/mol. The van der Waals surface area contributed by atoms with Crippen LogP contribution in [0.2, 0.25) is 0 Å². The van der Waals surface area contributed by atoms with E-state index in [-0.39, 0.29) is 19.0 Å². The third-order valence-corrected chi connectivity index (χ3v) is 7.51. The maximum absolute atomic E-state index is 13.8. The molecule has 0 fully saturated rings. The Balaban J connectivity index is 1.62. The number of benzene rings is 3. The zero-order valence-electron chi connectivity index (χ0n) is 22.3. The van der Waals surface area contributed by atoms with Crippen LogP contribution in [0.15, 0.2) is 82.0 Å². The van der Waals surface area contributed by atoms with Gasteiger partial charge in [0, 0.05) is 33.9 Å². The summed E-state index contributed by atoms with van der Waals surface area (Å²) in [5.74, 6) is -0.416. The van der Waals surface area contributed by atoms with Crippen molar-refractivity contribution in [2.24, 2.45) is 0 Å². The number of allylic oxidation sites excluding steroid dienone is 2. The van der Waals surface area contributed by atoms with Gasteiger partial charge in [-0.1, -0.05) is 42.5 Å². The predicted molar refractivity (Wildman–Crippen MR) is 154 cm³/mol. The number of dihydropyridines is 1. The summed E-state index contributed by atoms with van der Waals surface area (Å²) >= 11 is 3.64. The van der Waals surface area contributed by atoms with Crippen molar-refractivity contribution in [2.45, 2.75) is 33.3 Å². The molecule has 3 aromatic rings. The highest BCUT2D eigenvalue weighted by Gasteiger charge is 2.43. The average Bonchev–Trinajstić information content (AvgIpc) is 3.23. The number of nitriles is 1. The number of Topliss-reactive ketones (excluding diaryl/α,β-unsaturated/α-hetero) is 1. The first kappa shape index (κ1) is 27.2. The van der Waals surface area contributed by atoms with Crippen LogP contribution in [0.5, 0.6) is 11.5 Å². The lowest BCUT2D eigenvalue weighted by Gasteiger charge is -2.30. The monoisotopic (exact) mass is 598 g/mol. The molecule has 3 aromatic carbocycles. The van der Waals surface area contributed by atoms with E-state index in [0.29, 0.717) is 61.8 Å². The average molecular weight is 599 g/mol. The normalized spacial score (nSPS) is 15.7. The van der Waals surface area contributed by atoms with Crippen LogP contribution in [-0.2, 0) is 16.1 Å². The van der Waals surface area contributed by atoms with Gasteiger partial charge in [-0.15, -0.1) is 0 Å². The largest absolute Gasteiger partial charge is 0.490 e. The maximum atomic E-state index is 13.8. The number of carbonyl (C=O) groups excluding carboxylic acids is 2. The Morgan fingerprint density at radius 1 is 1.02 bits per heavy atom. The quantitative estimate of drug-likeness (QED) is 0.298. The van der Waals surface area contributed by atoms with Crippen molar-refractivity contribution >= 4 is 33.4 Å². The third-order valence-electron chi connectivity index (χ3n) is 6.92. The SMILES string of the molecule is CCOC(=O)C1=C(C)NC2=C(C(=O)c3ccccc32)[C@H]1c1cc(Br)c(OCc2ccccc2C#N)c(OCC)c1. The minimum absolute atomic E-state index is 0.139. The lowest BCUT2D eigenvalue weighted by Crippen LogP contribution is -2.29. The molecule has 0 aromatic heterocycles. The fourth-order valence-electron chi connectivity index (χ4n) is 5.20. The molecule has 0 bridgehead atoms. The van der Waals surface area contributed by atoms with Crippen LogP contribution in [0.3, 0.4) is 0 Å². The highest BCUT2D eigenvalue weighted by molar-refractivity contribution is 9.10. The van der Waals surface area contributed by atoms with Gasteiger partial charge < -0.3 is 19.5 Å². The van der Waals surface area contributed by atoms with E-state index in [2.05, 4.69) is 27.3 Å². The number of rotatable bonds is 8. The Labute approximate surface area is 241 Å². The molecule has 202 valence electrons. The zero-order chi connectivity index (χ0) is 28.4. The summed E-state index contributed by atoms with van der Waals surface area (Å²) in [4.78, 5) is 27.1. The Bertz CT molecular complexity index is 1630. The van der Waals surface area contributed by atoms with Crippen LogP contribution >= 0.6 is 15.9 Å². The molecule has 2 aliphatic rings. The Morgan fingerprint density at radius 3 is 2.48 bits per heavy atom. The van der Waals surface area contributed by atoms with Crippen molar-refractivity contribution in [2.75, 3.05) is 13.2 Å². The van der Waals surface area contributed by atoms with Crippen LogP contribution in [0, 0.1) is 11.3 Å². The van der Waals surface area contributed by atoms with E-state index >= 15 is 0 Å². The molecule has 0 saturated carbocycles. The van der Waals surface area contributed by atoms with Gasteiger partial charge in [-0.25, -0.2) is 4.79 Å². The molecule has 8 heteroatoms. The molecule has 1 aliphatic heterocycles. The molecule has 0 spiro atoms. The molecule has 0 saturated heterocycles. The summed E-state index contributed by atoms with van der Waals surface area (Å²) in [6.07, 6.45) is 0. The third kappa shape index (κ3) is 4.78. The van der Waals surface area contributed by atoms with Gasteiger partial charge in [0.1, 0.15) is 6.61 Å². The number of carbonyl (C=O) groups is 2. The number of fused-ring (bicyclic) bond motifs is 2. The molecule has 1 heterocycles. The van der Waals surface area contributed by atoms with Gasteiger partial charge in [0.2, 0.25) is 0 Å². The number of nitrogens with one attached hydrogen (secondary N) is 1. The van der Waals surface area contributed by atoms with Crippen molar-refractivity contribution < 1.29 is 23.8 Å². The molecule has 7 nitrogen and oxygen atoms in total. The van der Waals surface area contributed by atoms with Crippen LogP contribution in [0.1, 0.15) is 59.3 Å². The Hall–Kier alpha value is -4.35. The van der Waals surface area contributed by atoms with Gasteiger partial charge in [0.05, 0.1) is 40.6 Å². The van der Waals surface area contributed by atoms with Gasteiger partial charge in [0.15, 0.2) is 17.3 Å². The molecule has 1 aliphatic carbocycles. The maximum Gasteiger partial charge on any atom is 0.336 e. The molecule has 5 rings (SSSR count). The van der Waals surface area contributed by atoms with E-state index in [4.69, 9.17) is 14.2 Å². The number of esters is 1. The van der Waals surface area contributed by atoms with Crippen molar-refractivity contribution in [3.63, 3.8) is 0 Å². The molecule has 1 atom stereocenters. The number of halogens is 1. The standard InChI is InChI=1S/C32H27BrN2O5/c1-4-38-25-15-21(14-24(33)31(25)40-17-20-11-7-6-10-19(20)16-34)27-26(32(37)39-5-2)18(3)35-29-22-12-8-9-13-23(22)30(36)28(27)29/h6-15,27,35H,4-5,17H2,1-3H3/t27-/m0/s1. The second kappa shape index (κ2) is 11.4. The van der Waals surface area contributed by atoms with Gasteiger partial charge in [-0.2, -0.15) is 5.26 Å². The fourth-order valence-corrected chi connectivity index (χ4v) is 5.78. The van der Waals surface area contributed by atoms with Crippen LogP contribution in [0.25, 0.3) is 5.70 Å². The van der Waals surface area contributed by atoms with Gasteiger partial charge in [0.25, 0.3) is 0 Å². The summed E-state index contributed by atoms with van der Waals surface area (Å²) in [5.41, 5.74) is 5.51. The fraction of sp³-hybridized carbons (Fsp3) is 0.219. The lowest BCUT2D eigenvalue weighted by molar-refractivity contribution is -0.138. The lowest BCUT2D eigenvalue weighted by atomic mass is 9.79. The van der Waals surface area contributed by atoms with Crippen molar-refractivity contribution in [1.29, 1.82) is 5.26 Å². The first-order valence-corrected chi connectivity index (χ1v) is 13.8. The number of ether oxygens (including phenoxy) is 3. The first-order valence-electron chi connectivity index (χ1n) is 13.0. The number of hydrogen-bond donors (Lipinski definition) is 1. The smallest absolute Gasteiger partial charge is 0.336 e. The second-order valence-corrected chi connectivity index (χ2v) is 10.2. The summed E-state index contributed by atoms with van der Waals surface area (Å²) in [5, 5.41) is 12.8. The summed E-state index contributed by atoms with van der Waals surface area (Å²) in [6, 6.07) is 20.5. The minimum Gasteiger partial charge on any atom is -0.490 e. The highest BCUT2D eigenvalue weighted by Crippen LogP contribution is 2.49. The molecule has 0 amide bonds. The summed E-state index contributed by atoms with van der Waals surface area (Å²) in [7, 11) is 0. The minimum atomic E-state index is -0.695. The zero-order valence-corrected chi connectivity index (χ0v) is 23.9. The van der Waals surface area contributed by atoms with Crippen molar-refractivity contribution in [1.82, 2.24) is 5.32 Å². The van der Waals surface area contributed by atoms with Crippen LogP contribution < -0.4 is 14.8 Å². The van der Waals surface area contributed by atoms with E-state index in [1.165, 1.54) is 0 Å². The highest BCUT2D eigenvalue weighted by atomic mass is 79.9. The van der Waals surface area contributed by atoms with Crippen LogP contribution in [-0.4, -0.2) is 25.0 Å². The molecule has 40 heavy (non-hydrogen) atoms.